The molecule has 7 nitrogen and oxygen atoms in total. The van der Waals surface area contributed by atoms with Gasteiger partial charge in [-0.1, -0.05) is 22.0 Å². The van der Waals surface area contributed by atoms with Crippen molar-refractivity contribution in [2.24, 2.45) is 11.1 Å². The molecular formula is C13H13BrN4O3S. The number of fused-ring (bicyclic) bond motifs is 1. The molecule has 116 valence electrons. The molecule has 0 spiro atoms. The fraction of sp³-hybridized carbons (Fsp3) is 0.308. The Morgan fingerprint density at radius 3 is 2.91 bits per heavy atom. The minimum atomic E-state index is -3.60. The quantitative estimate of drug-likeness (QED) is 0.850. The Hall–Kier alpha value is -1.58. The molecule has 2 heterocycles. The lowest BCUT2D eigenvalue weighted by Gasteiger charge is -2.14. The summed E-state index contributed by atoms with van der Waals surface area (Å²) in [6.45, 7) is 0.259. The topological polar surface area (TPSA) is 106 Å². The number of carbonyl (C=O) groups is 1. The Morgan fingerprint density at radius 1 is 1.41 bits per heavy atom. The number of benzene rings is 1. The van der Waals surface area contributed by atoms with Gasteiger partial charge in [-0.3, -0.25) is 9.69 Å². The van der Waals surface area contributed by atoms with Gasteiger partial charge in [0.25, 0.3) is 0 Å². The van der Waals surface area contributed by atoms with Crippen molar-refractivity contribution in [1.29, 1.82) is 0 Å². The Bertz CT molecular complexity index is 855. The van der Waals surface area contributed by atoms with Crippen LogP contribution in [0, 0.1) is 5.92 Å². The molecule has 1 aliphatic heterocycles. The number of aromatic nitrogens is 2. The van der Waals surface area contributed by atoms with Crippen LogP contribution < -0.4 is 10.0 Å². The van der Waals surface area contributed by atoms with E-state index < -0.39 is 10.0 Å². The van der Waals surface area contributed by atoms with E-state index in [0.29, 0.717) is 5.52 Å². The van der Waals surface area contributed by atoms with Crippen LogP contribution in [0.5, 0.6) is 0 Å². The van der Waals surface area contributed by atoms with Gasteiger partial charge in [-0.05, 0) is 12.1 Å². The van der Waals surface area contributed by atoms with E-state index in [0.717, 1.165) is 9.86 Å². The maximum Gasteiger partial charge on any atom is 0.232 e. The molecule has 1 aromatic heterocycles. The molecule has 1 amide bonds. The summed E-state index contributed by atoms with van der Waals surface area (Å²) in [5.74, 6) is -0.450. The highest BCUT2D eigenvalue weighted by Crippen LogP contribution is 2.26. The van der Waals surface area contributed by atoms with Crippen LogP contribution in [0.4, 0.5) is 5.95 Å². The Kier molecular flexibility index (Phi) is 3.87. The molecule has 0 saturated carbocycles. The van der Waals surface area contributed by atoms with Gasteiger partial charge in [-0.2, -0.15) is 0 Å². The smallest absolute Gasteiger partial charge is 0.232 e. The van der Waals surface area contributed by atoms with Gasteiger partial charge in [0.15, 0.2) is 0 Å². The van der Waals surface area contributed by atoms with Crippen LogP contribution in [0.3, 0.4) is 0 Å². The van der Waals surface area contributed by atoms with Crippen LogP contribution in [0.1, 0.15) is 6.42 Å². The Balaban J connectivity index is 1.90. The Labute approximate surface area is 135 Å². The van der Waals surface area contributed by atoms with E-state index in [2.05, 4.69) is 25.9 Å². The van der Waals surface area contributed by atoms with Gasteiger partial charge in [-0.25, -0.2) is 23.5 Å². The number of amides is 1. The van der Waals surface area contributed by atoms with Gasteiger partial charge in [0.05, 0.1) is 11.3 Å². The van der Waals surface area contributed by atoms with Crippen molar-refractivity contribution in [1.82, 2.24) is 9.97 Å². The monoisotopic (exact) mass is 384 g/mol. The molecule has 3 rings (SSSR count). The molecule has 9 heteroatoms. The molecule has 0 radical (unpaired) electrons. The normalized spacial score (nSPS) is 19.1. The number of hydrogen-bond donors (Lipinski definition) is 1. The van der Waals surface area contributed by atoms with Crippen molar-refractivity contribution in [3.8, 4) is 0 Å². The number of carbonyl (C=O) groups excluding carboxylic acids is 1. The molecular weight excluding hydrogens is 372 g/mol. The summed E-state index contributed by atoms with van der Waals surface area (Å²) in [6.07, 6.45) is 1.78. The number of nitrogens with zero attached hydrogens (tertiary/aromatic N) is 3. The van der Waals surface area contributed by atoms with E-state index >= 15 is 0 Å². The second kappa shape index (κ2) is 5.56. The molecule has 0 aliphatic carbocycles. The summed E-state index contributed by atoms with van der Waals surface area (Å²) in [4.78, 5) is 22.1. The summed E-state index contributed by atoms with van der Waals surface area (Å²) < 4.78 is 23.2. The molecule has 1 saturated heterocycles. The van der Waals surface area contributed by atoms with Gasteiger partial charge >= 0.3 is 0 Å². The zero-order valence-corrected chi connectivity index (χ0v) is 13.8. The first-order valence-electron chi connectivity index (χ1n) is 6.55. The zero-order valence-electron chi connectivity index (χ0n) is 11.4. The average Bonchev–Trinajstić information content (AvgIpc) is 2.77. The van der Waals surface area contributed by atoms with E-state index in [9.17, 15) is 13.2 Å². The fourth-order valence-corrected chi connectivity index (χ4v) is 3.89. The fourth-order valence-electron chi connectivity index (χ4n) is 2.55. The molecule has 22 heavy (non-hydrogen) atoms. The molecule has 1 unspecified atom stereocenters. The maximum absolute atomic E-state index is 12.1. The molecule has 1 atom stereocenters. The van der Waals surface area contributed by atoms with E-state index in [1.165, 1.54) is 4.90 Å². The number of primary sulfonamides is 1. The van der Waals surface area contributed by atoms with Gasteiger partial charge < -0.3 is 0 Å². The van der Waals surface area contributed by atoms with Crippen molar-refractivity contribution >= 4 is 48.7 Å². The predicted octanol–water partition coefficient (Wildman–Crippen LogP) is 1.03. The van der Waals surface area contributed by atoms with Gasteiger partial charge in [0.1, 0.15) is 0 Å². The van der Waals surface area contributed by atoms with Gasteiger partial charge in [0.2, 0.25) is 21.9 Å². The number of nitrogens with two attached hydrogens (primary N) is 1. The lowest BCUT2D eigenvalue weighted by Crippen LogP contribution is -2.28. The lowest BCUT2D eigenvalue weighted by molar-refractivity contribution is -0.117. The highest BCUT2D eigenvalue weighted by Gasteiger charge is 2.34. The van der Waals surface area contributed by atoms with E-state index in [1.54, 1.807) is 6.20 Å². The van der Waals surface area contributed by atoms with E-state index in [-0.39, 0.29) is 36.5 Å². The first kappa shape index (κ1) is 15.3. The van der Waals surface area contributed by atoms with Crippen molar-refractivity contribution in [2.75, 3.05) is 17.2 Å². The van der Waals surface area contributed by atoms with Crippen LogP contribution in [-0.2, 0) is 14.8 Å². The number of hydrogen-bond acceptors (Lipinski definition) is 5. The number of sulfonamides is 1. The number of rotatable bonds is 3. The van der Waals surface area contributed by atoms with Crippen molar-refractivity contribution in [3.05, 3.63) is 28.9 Å². The second-order valence-electron chi connectivity index (χ2n) is 5.25. The van der Waals surface area contributed by atoms with Gasteiger partial charge in [-0.15, -0.1) is 0 Å². The van der Waals surface area contributed by atoms with E-state index in [1.807, 2.05) is 18.2 Å². The third kappa shape index (κ3) is 3.11. The molecule has 2 aromatic rings. The zero-order chi connectivity index (χ0) is 15.9. The minimum Gasteiger partial charge on any atom is -0.280 e. The highest BCUT2D eigenvalue weighted by molar-refractivity contribution is 9.10. The molecule has 0 bridgehead atoms. The van der Waals surface area contributed by atoms with Crippen LogP contribution in [0.15, 0.2) is 28.9 Å². The molecule has 2 N–H and O–H groups in total. The van der Waals surface area contributed by atoms with E-state index in [4.69, 9.17) is 5.14 Å². The maximum atomic E-state index is 12.1. The van der Waals surface area contributed by atoms with Crippen LogP contribution in [0.2, 0.25) is 0 Å². The SMILES string of the molecule is NS(=O)(=O)CC1CC(=O)N(c2ncc3c(Br)cccc3n2)C1. The van der Waals surface area contributed by atoms with Crippen molar-refractivity contribution < 1.29 is 13.2 Å². The Morgan fingerprint density at radius 2 is 2.18 bits per heavy atom. The highest BCUT2D eigenvalue weighted by atomic mass is 79.9. The largest absolute Gasteiger partial charge is 0.280 e. The summed E-state index contributed by atoms with van der Waals surface area (Å²) in [5.41, 5.74) is 0.710. The first-order chi connectivity index (χ1) is 10.3. The third-order valence-corrected chi connectivity index (χ3v) is 5.10. The van der Waals surface area contributed by atoms with Crippen LogP contribution in [0.25, 0.3) is 10.9 Å². The summed E-state index contributed by atoms with van der Waals surface area (Å²) >= 11 is 3.42. The summed E-state index contributed by atoms with van der Waals surface area (Å²) in [7, 11) is -3.60. The molecule has 1 fully saturated rings. The number of halogens is 1. The van der Waals surface area contributed by atoms with Crippen LogP contribution in [-0.4, -0.2) is 36.6 Å². The average molecular weight is 385 g/mol. The number of anilines is 1. The lowest BCUT2D eigenvalue weighted by atomic mass is 10.1. The molecule has 1 aliphatic rings. The second-order valence-corrected chi connectivity index (χ2v) is 7.76. The first-order valence-corrected chi connectivity index (χ1v) is 9.06. The summed E-state index contributed by atoms with van der Waals surface area (Å²) in [6, 6.07) is 5.56. The van der Waals surface area contributed by atoms with Gasteiger partial charge in [0, 0.05) is 34.9 Å². The molecule has 1 aromatic carbocycles. The van der Waals surface area contributed by atoms with Crippen molar-refractivity contribution in [2.45, 2.75) is 6.42 Å². The third-order valence-electron chi connectivity index (χ3n) is 3.47. The minimum absolute atomic E-state index is 0.135. The van der Waals surface area contributed by atoms with Crippen molar-refractivity contribution in [3.63, 3.8) is 0 Å². The van der Waals surface area contributed by atoms with Crippen LogP contribution >= 0.6 is 15.9 Å². The predicted molar refractivity (Wildman–Crippen MR) is 85.7 cm³/mol. The standard InChI is InChI=1S/C13H13BrN4O3S/c14-10-2-1-3-11-9(10)5-16-13(17-11)18-6-8(4-12(18)19)7-22(15,20)21/h1-3,5,8H,4,6-7H2,(H2,15,20,21). The summed E-state index contributed by atoms with van der Waals surface area (Å²) in [5, 5.41) is 5.89.